The molecule has 5 heteroatoms. The maximum atomic E-state index is 10.1. The van der Waals surface area contributed by atoms with Crippen LogP contribution in [0.25, 0.3) is 0 Å². The van der Waals surface area contributed by atoms with E-state index in [2.05, 4.69) is 5.32 Å². The second-order valence-electron chi connectivity index (χ2n) is 4.82. The van der Waals surface area contributed by atoms with Gasteiger partial charge in [0.2, 0.25) is 0 Å². The summed E-state index contributed by atoms with van der Waals surface area (Å²) in [5.41, 5.74) is 0.756. The van der Waals surface area contributed by atoms with E-state index in [1.165, 1.54) is 7.11 Å². The highest BCUT2D eigenvalue weighted by Crippen LogP contribution is 2.43. The number of phenols is 1. The summed E-state index contributed by atoms with van der Waals surface area (Å²) in [4.78, 5) is 0. The van der Waals surface area contributed by atoms with Crippen molar-refractivity contribution in [3.8, 4) is 17.2 Å². The Kier molecular flexibility index (Phi) is 4.77. The molecule has 0 spiro atoms. The molecular weight excluding hydrogens is 266 g/mol. The fourth-order valence-electron chi connectivity index (χ4n) is 2.54. The number of hydrogen-bond donors (Lipinski definition) is 2. The first-order valence-corrected chi connectivity index (χ1v) is 6.88. The van der Waals surface area contributed by atoms with Crippen molar-refractivity contribution in [2.24, 2.45) is 5.92 Å². The number of phenolic OH excluding ortho intramolecular Hbond substituents is 1. The Hall–Kier alpha value is -1.13. The van der Waals surface area contributed by atoms with E-state index >= 15 is 0 Å². The third-order valence-corrected chi connectivity index (χ3v) is 4.04. The maximum absolute atomic E-state index is 10.1. The molecule has 2 N–H and O–H groups in total. The highest BCUT2D eigenvalue weighted by molar-refractivity contribution is 6.33. The molecule has 1 aromatic rings. The summed E-state index contributed by atoms with van der Waals surface area (Å²) in [6.07, 6.45) is 2.97. The minimum absolute atomic E-state index is 0.182. The molecule has 1 aliphatic heterocycles. The van der Waals surface area contributed by atoms with Crippen molar-refractivity contribution in [1.29, 1.82) is 0 Å². The van der Waals surface area contributed by atoms with Gasteiger partial charge in [-0.25, -0.2) is 0 Å². The minimum atomic E-state index is 0.182. The number of hydrogen-bond acceptors (Lipinski definition) is 4. The first-order chi connectivity index (χ1) is 9.17. The summed E-state index contributed by atoms with van der Waals surface area (Å²) >= 11 is 6.34. The van der Waals surface area contributed by atoms with Crippen LogP contribution in [0.1, 0.15) is 18.4 Å². The van der Waals surface area contributed by atoms with E-state index in [4.69, 9.17) is 21.1 Å². The molecule has 0 aliphatic carbocycles. The first kappa shape index (κ1) is 14.3. The van der Waals surface area contributed by atoms with E-state index in [-0.39, 0.29) is 5.75 Å². The fraction of sp³-hybridized carbons (Fsp3) is 0.571. The molecule has 19 heavy (non-hydrogen) atoms. The van der Waals surface area contributed by atoms with E-state index in [1.807, 2.05) is 0 Å². The van der Waals surface area contributed by atoms with Gasteiger partial charge in [-0.3, -0.25) is 0 Å². The van der Waals surface area contributed by atoms with Crippen LogP contribution in [0.5, 0.6) is 17.2 Å². The summed E-state index contributed by atoms with van der Waals surface area (Å²) in [5, 5.41) is 13.9. The molecule has 1 saturated heterocycles. The van der Waals surface area contributed by atoms with Crippen molar-refractivity contribution >= 4 is 11.6 Å². The number of halogens is 1. The Balaban J connectivity index is 2.28. The lowest BCUT2D eigenvalue weighted by molar-refractivity contribution is 0.345. The SMILES string of the molecule is COc1cc(O)c(CC2CCNCC2)c(Cl)c1OC. The van der Waals surface area contributed by atoms with E-state index in [9.17, 15) is 5.11 Å². The molecule has 0 saturated carbocycles. The van der Waals surface area contributed by atoms with Crippen LogP contribution in [0.3, 0.4) is 0 Å². The summed E-state index contributed by atoms with van der Waals surface area (Å²) < 4.78 is 10.4. The van der Waals surface area contributed by atoms with E-state index < -0.39 is 0 Å². The Morgan fingerprint density at radius 1 is 1.32 bits per heavy atom. The quantitative estimate of drug-likeness (QED) is 0.893. The van der Waals surface area contributed by atoms with Crippen molar-refractivity contribution < 1.29 is 14.6 Å². The molecule has 1 fully saturated rings. The highest BCUT2D eigenvalue weighted by Gasteiger charge is 2.22. The predicted molar refractivity (Wildman–Crippen MR) is 75.5 cm³/mol. The Labute approximate surface area is 118 Å². The number of piperidine rings is 1. The topological polar surface area (TPSA) is 50.7 Å². The van der Waals surface area contributed by atoms with E-state index in [1.54, 1.807) is 13.2 Å². The van der Waals surface area contributed by atoms with Crippen LogP contribution in [0, 0.1) is 5.92 Å². The van der Waals surface area contributed by atoms with Gasteiger partial charge in [-0.15, -0.1) is 0 Å². The molecule has 1 heterocycles. The van der Waals surface area contributed by atoms with Crippen molar-refractivity contribution in [1.82, 2.24) is 5.32 Å². The van der Waals surface area contributed by atoms with Crippen LogP contribution >= 0.6 is 11.6 Å². The molecule has 1 aromatic carbocycles. The number of aromatic hydroxyl groups is 1. The number of rotatable bonds is 4. The van der Waals surface area contributed by atoms with E-state index in [0.29, 0.717) is 22.4 Å². The lowest BCUT2D eigenvalue weighted by atomic mass is 9.90. The van der Waals surface area contributed by atoms with Gasteiger partial charge in [0.05, 0.1) is 19.2 Å². The zero-order valence-corrected chi connectivity index (χ0v) is 12.1. The van der Waals surface area contributed by atoms with Gasteiger partial charge in [0.1, 0.15) is 5.75 Å². The van der Waals surface area contributed by atoms with Gasteiger partial charge in [-0.05, 0) is 38.3 Å². The van der Waals surface area contributed by atoms with Crippen LogP contribution in [-0.2, 0) is 6.42 Å². The number of benzene rings is 1. The van der Waals surface area contributed by atoms with Gasteiger partial charge in [-0.2, -0.15) is 0 Å². The van der Waals surface area contributed by atoms with Crippen LogP contribution in [0.2, 0.25) is 5.02 Å². The van der Waals surface area contributed by atoms with Gasteiger partial charge >= 0.3 is 0 Å². The normalized spacial score (nSPS) is 16.4. The zero-order chi connectivity index (χ0) is 13.8. The van der Waals surface area contributed by atoms with Crippen LogP contribution < -0.4 is 14.8 Å². The molecule has 0 atom stereocenters. The third kappa shape index (κ3) is 3.07. The second kappa shape index (κ2) is 6.35. The Morgan fingerprint density at radius 3 is 2.58 bits per heavy atom. The average molecular weight is 286 g/mol. The molecule has 0 bridgehead atoms. The van der Waals surface area contributed by atoms with Gasteiger partial charge in [0.25, 0.3) is 0 Å². The monoisotopic (exact) mass is 285 g/mol. The smallest absolute Gasteiger partial charge is 0.179 e. The predicted octanol–water partition coefficient (Wildman–Crippen LogP) is 2.60. The van der Waals surface area contributed by atoms with E-state index in [0.717, 1.165) is 37.9 Å². The van der Waals surface area contributed by atoms with Crippen molar-refractivity contribution in [3.63, 3.8) is 0 Å². The Morgan fingerprint density at radius 2 is 2.00 bits per heavy atom. The van der Waals surface area contributed by atoms with Gasteiger partial charge < -0.3 is 19.9 Å². The second-order valence-corrected chi connectivity index (χ2v) is 5.20. The lowest BCUT2D eigenvalue weighted by Crippen LogP contribution is -2.28. The summed E-state index contributed by atoms with van der Waals surface area (Å²) in [5.74, 6) is 1.67. The zero-order valence-electron chi connectivity index (χ0n) is 11.3. The molecule has 106 valence electrons. The summed E-state index contributed by atoms with van der Waals surface area (Å²) in [6, 6.07) is 1.57. The van der Waals surface area contributed by atoms with Crippen LogP contribution in [-0.4, -0.2) is 32.4 Å². The largest absolute Gasteiger partial charge is 0.507 e. The van der Waals surface area contributed by atoms with Crippen LogP contribution in [0.4, 0.5) is 0 Å². The molecule has 0 aromatic heterocycles. The molecule has 0 radical (unpaired) electrons. The highest BCUT2D eigenvalue weighted by atomic mass is 35.5. The van der Waals surface area contributed by atoms with Crippen molar-refractivity contribution in [2.75, 3.05) is 27.3 Å². The fourth-order valence-corrected chi connectivity index (χ4v) is 2.89. The van der Waals surface area contributed by atoms with Crippen LogP contribution in [0.15, 0.2) is 6.07 Å². The standard InChI is InChI=1S/C14H20ClNO3/c1-18-12-8-11(17)10(13(15)14(12)19-2)7-9-3-5-16-6-4-9/h8-9,16-17H,3-7H2,1-2H3. The first-order valence-electron chi connectivity index (χ1n) is 6.50. The van der Waals surface area contributed by atoms with Gasteiger partial charge in [-0.1, -0.05) is 11.6 Å². The van der Waals surface area contributed by atoms with Crippen molar-refractivity contribution in [3.05, 3.63) is 16.7 Å². The third-order valence-electron chi connectivity index (χ3n) is 3.64. The molecular formula is C14H20ClNO3. The maximum Gasteiger partial charge on any atom is 0.179 e. The summed E-state index contributed by atoms with van der Waals surface area (Å²) in [7, 11) is 3.08. The van der Waals surface area contributed by atoms with Gasteiger partial charge in [0, 0.05) is 11.6 Å². The Bertz CT molecular complexity index is 445. The lowest BCUT2D eigenvalue weighted by Gasteiger charge is -2.24. The average Bonchev–Trinajstić information content (AvgIpc) is 2.44. The number of ether oxygens (including phenoxy) is 2. The summed E-state index contributed by atoms with van der Waals surface area (Å²) in [6.45, 7) is 2.05. The molecule has 0 amide bonds. The molecule has 2 rings (SSSR count). The minimum Gasteiger partial charge on any atom is -0.507 e. The molecule has 4 nitrogen and oxygen atoms in total. The number of methoxy groups -OCH3 is 2. The van der Waals surface area contributed by atoms with Crippen molar-refractivity contribution in [2.45, 2.75) is 19.3 Å². The van der Waals surface area contributed by atoms with Gasteiger partial charge in [0.15, 0.2) is 11.5 Å². The number of nitrogens with one attached hydrogen (secondary N) is 1. The molecule has 1 aliphatic rings. The molecule has 0 unspecified atom stereocenters.